The average Bonchev–Trinajstić information content (AvgIpc) is 2.61. The van der Waals surface area contributed by atoms with Crippen LogP contribution >= 0.6 is 0 Å². The summed E-state index contributed by atoms with van der Waals surface area (Å²) in [6.07, 6.45) is 5.06. The Bertz CT molecular complexity index is 558. The molecule has 0 aromatic heterocycles. The van der Waals surface area contributed by atoms with Gasteiger partial charge in [-0.25, -0.2) is 0 Å². The summed E-state index contributed by atoms with van der Waals surface area (Å²) in [7, 11) is 0. The summed E-state index contributed by atoms with van der Waals surface area (Å²) in [4.78, 5) is 36.8. The molecule has 6 nitrogen and oxygen atoms in total. The van der Waals surface area contributed by atoms with Gasteiger partial charge in [0.1, 0.15) is 6.04 Å². The van der Waals surface area contributed by atoms with Gasteiger partial charge in [-0.3, -0.25) is 14.4 Å². The summed E-state index contributed by atoms with van der Waals surface area (Å²) in [6, 6.07) is 7.01. The first kappa shape index (κ1) is 20.8. The van der Waals surface area contributed by atoms with Crippen molar-refractivity contribution in [3.05, 3.63) is 30.3 Å². The van der Waals surface area contributed by atoms with E-state index in [9.17, 15) is 14.4 Å². The van der Waals surface area contributed by atoms with Crippen molar-refractivity contribution in [2.75, 3.05) is 4.90 Å². The summed E-state index contributed by atoms with van der Waals surface area (Å²) < 4.78 is 0. The number of primary amides is 1. The van der Waals surface area contributed by atoms with Crippen molar-refractivity contribution in [2.24, 2.45) is 17.4 Å². The van der Waals surface area contributed by atoms with Crippen LogP contribution in [0.4, 0.5) is 5.69 Å². The lowest BCUT2D eigenvalue weighted by atomic mass is 9.94. The summed E-state index contributed by atoms with van der Waals surface area (Å²) in [6.45, 7) is 4.22. The van der Waals surface area contributed by atoms with Crippen LogP contribution in [0.1, 0.15) is 46.0 Å². The van der Waals surface area contributed by atoms with E-state index in [-0.39, 0.29) is 6.42 Å². The first-order chi connectivity index (χ1) is 11.9. The average molecular weight is 346 g/mol. The van der Waals surface area contributed by atoms with Crippen molar-refractivity contribution in [1.82, 2.24) is 0 Å². The predicted octanol–water partition coefficient (Wildman–Crippen LogP) is 1.92. The number of nitrogens with zero attached hydrogens (tertiary/aromatic N) is 1. The topological polar surface area (TPSA) is 106 Å². The van der Waals surface area contributed by atoms with E-state index in [0.29, 0.717) is 18.0 Å². The minimum Gasteiger partial charge on any atom is -0.370 e. The van der Waals surface area contributed by atoms with E-state index in [0.717, 1.165) is 19.3 Å². The minimum atomic E-state index is -1.08. The van der Waals surface area contributed by atoms with Crippen LogP contribution in [0, 0.1) is 5.92 Å². The van der Waals surface area contributed by atoms with E-state index in [1.807, 2.05) is 12.4 Å². The Labute approximate surface area is 149 Å². The second-order valence-electron chi connectivity index (χ2n) is 6.21. The van der Waals surface area contributed by atoms with Crippen molar-refractivity contribution in [3.8, 4) is 0 Å². The zero-order valence-electron chi connectivity index (χ0n) is 15.0. The van der Waals surface area contributed by atoms with Gasteiger partial charge >= 0.3 is 0 Å². The zero-order chi connectivity index (χ0) is 18.8. The molecular weight excluding hydrogens is 318 g/mol. The molecule has 0 aliphatic rings. The molecule has 1 aromatic rings. The lowest BCUT2D eigenvalue weighted by molar-refractivity contribution is -0.124. The van der Waals surface area contributed by atoms with Crippen molar-refractivity contribution < 1.29 is 14.4 Å². The van der Waals surface area contributed by atoms with Gasteiger partial charge in [-0.1, -0.05) is 44.9 Å². The molecule has 1 radical (unpaired) electrons. The van der Waals surface area contributed by atoms with Crippen molar-refractivity contribution >= 4 is 23.8 Å². The molecule has 0 saturated carbocycles. The molecule has 0 saturated heterocycles. The van der Waals surface area contributed by atoms with E-state index < -0.39 is 23.9 Å². The van der Waals surface area contributed by atoms with Gasteiger partial charge in [0.05, 0.1) is 12.5 Å². The molecule has 0 heterocycles. The lowest BCUT2D eigenvalue weighted by Crippen LogP contribution is -2.51. The highest BCUT2D eigenvalue weighted by Gasteiger charge is 2.30. The van der Waals surface area contributed by atoms with E-state index in [4.69, 9.17) is 11.5 Å². The summed E-state index contributed by atoms with van der Waals surface area (Å²) in [5, 5.41) is 0. The molecule has 4 N–H and O–H groups in total. The smallest absolute Gasteiger partial charge is 0.245 e. The van der Waals surface area contributed by atoms with Gasteiger partial charge in [-0.15, -0.1) is 0 Å². The molecule has 0 aliphatic carbocycles. The van der Waals surface area contributed by atoms with Crippen LogP contribution in [-0.2, 0) is 14.4 Å². The molecule has 1 aromatic carbocycles. The Morgan fingerprint density at radius 3 is 2.20 bits per heavy atom. The van der Waals surface area contributed by atoms with E-state index in [1.54, 1.807) is 24.3 Å². The van der Waals surface area contributed by atoms with Gasteiger partial charge in [0.2, 0.25) is 18.1 Å². The number of anilines is 1. The molecule has 0 fully saturated rings. The molecule has 1 rings (SSSR count). The van der Waals surface area contributed by atoms with Gasteiger partial charge in [0.15, 0.2) is 0 Å². The van der Waals surface area contributed by atoms with Gasteiger partial charge in [0.25, 0.3) is 0 Å². The number of para-hydroxylation sites is 1. The zero-order valence-corrected chi connectivity index (χ0v) is 15.0. The van der Waals surface area contributed by atoms with Gasteiger partial charge in [-0.05, 0) is 30.9 Å². The third-order valence-electron chi connectivity index (χ3n) is 4.46. The van der Waals surface area contributed by atoms with Crippen LogP contribution in [0.25, 0.3) is 0 Å². The van der Waals surface area contributed by atoms with E-state index in [2.05, 4.69) is 13.8 Å². The van der Waals surface area contributed by atoms with Crippen LogP contribution < -0.4 is 16.4 Å². The van der Waals surface area contributed by atoms with Crippen molar-refractivity contribution in [3.63, 3.8) is 0 Å². The maximum atomic E-state index is 12.8. The van der Waals surface area contributed by atoms with E-state index in [1.165, 1.54) is 4.90 Å². The highest BCUT2D eigenvalue weighted by Crippen LogP contribution is 2.23. The molecule has 2 atom stereocenters. The monoisotopic (exact) mass is 346 g/mol. The number of amides is 2. The highest BCUT2D eigenvalue weighted by atomic mass is 16.2. The van der Waals surface area contributed by atoms with Crippen LogP contribution in [0.15, 0.2) is 30.3 Å². The first-order valence-electron chi connectivity index (χ1n) is 8.74. The fourth-order valence-electron chi connectivity index (χ4n) is 2.86. The molecular formula is C19H28N3O3. The maximum absolute atomic E-state index is 12.8. The number of hydrogen-bond acceptors (Lipinski definition) is 4. The molecule has 0 aliphatic heterocycles. The van der Waals surface area contributed by atoms with Gasteiger partial charge in [0, 0.05) is 5.69 Å². The number of carbonyl (C=O) groups is 2. The van der Waals surface area contributed by atoms with E-state index >= 15 is 0 Å². The number of rotatable bonds is 11. The molecule has 0 spiro atoms. The van der Waals surface area contributed by atoms with Crippen LogP contribution in [-0.4, -0.2) is 30.2 Å². The number of nitrogens with two attached hydrogens (primary N) is 2. The Hall–Kier alpha value is -2.21. The standard InChI is InChI=1S/C19H28N3O3/c1-3-14(4-2)10-11-16(13-23)22(15-8-6-5-7-9-15)19(25)17(20)12-18(21)24/h5-9,14,16-17H,3-4,10-12,20H2,1-2H3,(H2,21,24)/t16-,17-/m0/s1. The summed E-state index contributed by atoms with van der Waals surface area (Å²) in [5.74, 6) is -0.664. The molecule has 2 amide bonds. The SMILES string of the molecule is CCC(CC)CC[C@@H]([C]=O)N(C(=O)[C@@H](N)CC(N)=O)c1ccccc1. The Morgan fingerprint density at radius 1 is 1.12 bits per heavy atom. The molecule has 137 valence electrons. The predicted molar refractivity (Wildman–Crippen MR) is 98.5 cm³/mol. The number of hydrogen-bond donors (Lipinski definition) is 2. The van der Waals surface area contributed by atoms with Gasteiger partial charge < -0.3 is 16.4 Å². The number of benzene rings is 1. The van der Waals surface area contributed by atoms with Crippen molar-refractivity contribution in [1.29, 1.82) is 0 Å². The maximum Gasteiger partial charge on any atom is 0.245 e. The van der Waals surface area contributed by atoms with Crippen LogP contribution in [0.3, 0.4) is 0 Å². The first-order valence-corrected chi connectivity index (χ1v) is 8.74. The molecule has 25 heavy (non-hydrogen) atoms. The van der Waals surface area contributed by atoms with Crippen LogP contribution in [0.2, 0.25) is 0 Å². The van der Waals surface area contributed by atoms with Gasteiger partial charge in [-0.2, -0.15) is 0 Å². The minimum absolute atomic E-state index is 0.264. The fraction of sp³-hybridized carbons (Fsp3) is 0.526. The largest absolute Gasteiger partial charge is 0.370 e. The molecule has 0 bridgehead atoms. The third kappa shape index (κ3) is 6.31. The van der Waals surface area contributed by atoms with Crippen LogP contribution in [0.5, 0.6) is 0 Å². The normalized spacial score (nSPS) is 13.3. The second-order valence-corrected chi connectivity index (χ2v) is 6.21. The third-order valence-corrected chi connectivity index (χ3v) is 4.46. The van der Waals surface area contributed by atoms with Crippen molar-refractivity contribution in [2.45, 2.75) is 58.0 Å². The Balaban J connectivity index is 3.05. The molecule has 0 unspecified atom stereocenters. The quantitative estimate of drug-likeness (QED) is 0.638. The molecule has 6 heteroatoms. The summed E-state index contributed by atoms with van der Waals surface area (Å²) in [5.41, 5.74) is 11.5. The Morgan fingerprint density at radius 2 is 1.72 bits per heavy atom. The second kappa shape index (κ2) is 10.6. The highest BCUT2D eigenvalue weighted by molar-refractivity contribution is 6.02. The fourth-order valence-corrected chi connectivity index (χ4v) is 2.86. The Kier molecular flexibility index (Phi) is 8.84. The number of carbonyl (C=O) groups excluding carboxylic acids is 3. The summed E-state index contributed by atoms with van der Waals surface area (Å²) >= 11 is 0. The lowest BCUT2D eigenvalue weighted by Gasteiger charge is -2.30.